The van der Waals surface area contributed by atoms with Gasteiger partial charge in [-0.2, -0.15) is 0 Å². The predicted octanol–water partition coefficient (Wildman–Crippen LogP) is 8.83. The highest BCUT2D eigenvalue weighted by Crippen LogP contribution is 2.61. The summed E-state index contributed by atoms with van der Waals surface area (Å²) in [4.78, 5) is 7.89. The summed E-state index contributed by atoms with van der Waals surface area (Å²) in [6.45, 7) is 4.71. The zero-order chi connectivity index (χ0) is 50.8. The molecule has 8 rings (SSSR count). The lowest BCUT2D eigenvalue weighted by molar-refractivity contribution is 0.0987. The minimum atomic E-state index is -0.938. The minimum absolute atomic E-state index is 0.0236. The summed E-state index contributed by atoms with van der Waals surface area (Å²) < 4.78 is 12.6. The molecule has 2 bridgehead atoms. The quantitative estimate of drug-likeness (QED) is 0.0209. The molecule has 3 heterocycles. The van der Waals surface area contributed by atoms with Crippen LogP contribution >= 0.6 is 21.6 Å². The molecule has 1 saturated heterocycles. The second kappa shape index (κ2) is 26.2. The highest BCUT2D eigenvalue weighted by molar-refractivity contribution is 8.76. The zero-order valence-corrected chi connectivity index (χ0v) is 45.3. The van der Waals surface area contributed by atoms with E-state index in [9.17, 15) is 25.5 Å². The maximum absolute atomic E-state index is 11.8. The van der Waals surface area contributed by atoms with E-state index < -0.39 is 12.2 Å². The third-order valence-electron chi connectivity index (χ3n) is 18.1. The van der Waals surface area contributed by atoms with Crippen LogP contribution in [0.15, 0.2) is 39.7 Å². The van der Waals surface area contributed by atoms with E-state index >= 15 is 0 Å². The van der Waals surface area contributed by atoms with E-state index in [4.69, 9.17) is 20.6 Å². The van der Waals surface area contributed by atoms with Crippen LogP contribution in [0.4, 0.5) is 0 Å². The number of unbranched alkanes of at least 4 members (excludes halogenated alkanes) is 1. The van der Waals surface area contributed by atoms with E-state index in [0.717, 1.165) is 91.2 Å². The Morgan fingerprint density at radius 3 is 2.57 bits per heavy atom. The third-order valence-corrected chi connectivity index (χ3v) is 20.7. The number of rotatable bonds is 21. The summed E-state index contributed by atoms with van der Waals surface area (Å²) in [5.74, 6) is 8.39. The van der Waals surface area contributed by atoms with Crippen LogP contribution in [0.25, 0.3) is 0 Å². The first-order valence-corrected chi connectivity index (χ1v) is 30.4. The Bertz CT molecular complexity index is 2180. The molecule has 15 heteroatoms. The number of benzene rings is 1. The smallest absolute Gasteiger partial charge is 0.188 e. The molecule has 0 unspecified atom stereocenters. The monoisotopic (exact) mass is 1030 g/mol. The number of H-pyrrole nitrogens is 1. The number of aliphatic imine (C=N–C) groups is 1. The Labute approximate surface area is 438 Å². The van der Waals surface area contributed by atoms with Gasteiger partial charge in [-0.05, 0) is 167 Å². The van der Waals surface area contributed by atoms with E-state index in [1.165, 1.54) is 69.0 Å². The van der Waals surface area contributed by atoms with Gasteiger partial charge in [0, 0.05) is 85.5 Å². The molecule has 3 saturated carbocycles. The number of guanidine groups is 1. The van der Waals surface area contributed by atoms with Gasteiger partial charge in [-0.3, -0.25) is 4.99 Å². The molecule has 1 aliphatic heterocycles. The van der Waals surface area contributed by atoms with Gasteiger partial charge in [0.15, 0.2) is 17.5 Å². The molecule has 5 aliphatic rings. The van der Waals surface area contributed by atoms with Crippen molar-refractivity contribution in [3.05, 3.63) is 69.9 Å². The summed E-state index contributed by atoms with van der Waals surface area (Å²) in [5, 5.41) is 60.5. The van der Waals surface area contributed by atoms with Crippen molar-refractivity contribution in [3.63, 3.8) is 0 Å². The minimum Gasteiger partial charge on any atom is -0.504 e. The summed E-state index contributed by atoms with van der Waals surface area (Å²) in [6.07, 6.45) is 19.8. The fraction of sp³-hybridized carbons (Fsp3) is 0.737. The number of ether oxygens (including phenoxy) is 1. The van der Waals surface area contributed by atoms with E-state index in [1.54, 1.807) is 13.1 Å². The normalized spacial score (nSPS) is 28.9. The van der Waals surface area contributed by atoms with Crippen molar-refractivity contribution >= 4 is 27.5 Å². The van der Waals surface area contributed by atoms with Crippen molar-refractivity contribution in [2.45, 2.75) is 185 Å². The van der Waals surface area contributed by atoms with Gasteiger partial charge >= 0.3 is 0 Å². The van der Waals surface area contributed by atoms with E-state index in [0.29, 0.717) is 79.1 Å². The number of hydrogen-bond acceptors (Lipinski definition) is 12. The number of aromatic amines is 1. The number of phenolic OH excluding ortho intramolecular Hbond substituents is 1. The summed E-state index contributed by atoms with van der Waals surface area (Å²) in [5.41, 5.74) is 18.3. The first-order chi connectivity index (χ1) is 34.9. The molecule has 72 heavy (non-hydrogen) atoms. The molecule has 0 radical (unpaired) electrons. The number of aromatic nitrogens is 1. The Hall–Kier alpha value is -2.89. The maximum Gasteiger partial charge on any atom is 0.188 e. The number of nitrogens with zero attached hydrogens (tertiary/aromatic N) is 1. The number of aromatic hydroxyl groups is 1. The lowest BCUT2D eigenvalue weighted by Gasteiger charge is -2.41. The molecule has 1 spiro atoms. The van der Waals surface area contributed by atoms with Crippen molar-refractivity contribution in [1.82, 2.24) is 15.6 Å². The lowest BCUT2D eigenvalue weighted by atomic mass is 9.65. The molecule has 12 N–H and O–H groups in total. The van der Waals surface area contributed by atoms with Crippen molar-refractivity contribution in [3.8, 4) is 11.5 Å². The number of aliphatic hydroxyl groups excluding tert-OH is 4. The Kier molecular flexibility index (Phi) is 20.2. The Balaban J connectivity index is 0.863. The van der Waals surface area contributed by atoms with Gasteiger partial charge in [0.25, 0.3) is 0 Å². The molecule has 3 aromatic rings. The zero-order valence-electron chi connectivity index (χ0n) is 43.7. The molecule has 0 amide bonds. The van der Waals surface area contributed by atoms with Gasteiger partial charge < -0.3 is 61.8 Å². The third kappa shape index (κ3) is 13.7. The van der Waals surface area contributed by atoms with Crippen LogP contribution < -0.4 is 26.8 Å². The number of hydrogen-bond donors (Lipinski definition) is 10. The van der Waals surface area contributed by atoms with E-state index in [-0.39, 0.29) is 49.0 Å². The van der Waals surface area contributed by atoms with Crippen molar-refractivity contribution < 1.29 is 34.7 Å². The van der Waals surface area contributed by atoms with Gasteiger partial charge in [0.05, 0.1) is 12.7 Å². The number of aliphatic hydroxyl groups is 4. The molecule has 13 nitrogen and oxygen atoms in total. The van der Waals surface area contributed by atoms with Gasteiger partial charge in [0.2, 0.25) is 0 Å². The number of phenols is 1. The van der Waals surface area contributed by atoms with Crippen LogP contribution in [0.1, 0.15) is 168 Å². The first-order valence-electron chi connectivity index (χ1n) is 27.9. The number of nitrogens with one attached hydrogen (secondary N) is 3. The Morgan fingerprint density at radius 1 is 0.972 bits per heavy atom. The molecule has 4 fully saturated rings. The van der Waals surface area contributed by atoms with Crippen molar-refractivity contribution in [1.29, 1.82) is 0 Å². The predicted molar refractivity (Wildman–Crippen MR) is 292 cm³/mol. The Morgan fingerprint density at radius 2 is 1.79 bits per heavy atom. The van der Waals surface area contributed by atoms with Gasteiger partial charge in [-0.25, -0.2) is 0 Å². The molecule has 2 aromatic heterocycles. The standard InChI is InChI=1S/C57H90N6O7S2/c1-35-15-18-39-25-41(33-71-72-34-50(35)63-56(59)60-3)46(58)27-38(39)10-4-5-14-53-40(31-65)26-42(70-53)19-16-37-17-20-51(67)54(24-37)69-32-52(68)48-28-44-49(62-48)29-57(21-6-7-22-57)45-12-8-11-43(45)55(44)47(13-9-23-64)61-30-36(2)66/h17,20,24,26,28,35-36,38-39,41,43,45-47,50,52,55,61-62,64-68H,4-16,18-19,21-23,25,27,29-34,58H2,1-3H3,(H3,59,60,63)/t35-,36+,38-,39+,41-,43-,45+,46+,47+,50-,52+,55+/m1/s1. The number of furan rings is 1. The first kappa shape index (κ1) is 55.3. The number of aryl methyl sites for hydroxylation is 3. The summed E-state index contributed by atoms with van der Waals surface area (Å²) >= 11 is 0. The molecular formula is C57H90N6O7S2. The van der Waals surface area contributed by atoms with Gasteiger partial charge in [0.1, 0.15) is 24.2 Å². The number of nitrogens with two attached hydrogens (primary N) is 2. The molecule has 4 aliphatic carbocycles. The number of fused-ring (bicyclic) bond motifs is 5. The molecule has 402 valence electrons. The second-order valence-electron chi connectivity index (χ2n) is 23.0. The fourth-order valence-electron chi connectivity index (χ4n) is 14.2. The van der Waals surface area contributed by atoms with Gasteiger partial charge in [-0.15, -0.1) is 0 Å². The van der Waals surface area contributed by atoms with E-state index in [2.05, 4.69) is 33.6 Å². The van der Waals surface area contributed by atoms with Crippen LogP contribution in [0.3, 0.4) is 0 Å². The van der Waals surface area contributed by atoms with E-state index in [1.807, 2.05) is 46.7 Å². The van der Waals surface area contributed by atoms with Crippen LogP contribution in [-0.2, 0) is 32.3 Å². The van der Waals surface area contributed by atoms with Crippen LogP contribution in [0, 0.1) is 40.9 Å². The van der Waals surface area contributed by atoms with Crippen LogP contribution in [0.2, 0.25) is 0 Å². The van der Waals surface area contributed by atoms with Gasteiger partial charge in [-0.1, -0.05) is 66.7 Å². The average Bonchev–Trinajstić information content (AvgIpc) is 4.21. The van der Waals surface area contributed by atoms with Crippen molar-refractivity contribution in [2.75, 3.05) is 38.3 Å². The highest BCUT2D eigenvalue weighted by atomic mass is 33.1. The summed E-state index contributed by atoms with van der Waals surface area (Å²) in [7, 11) is 5.64. The molecular weight excluding hydrogens is 945 g/mol. The average molecular weight is 1040 g/mol. The topological polar surface area (TPSA) is 228 Å². The SMILES string of the molecule is CN=C(N)N[C@@H]1CSSC[C@H]2C[C@H](CC[C@H]1C)[C@H](CCCCc1oc(CCc3ccc(O)c(OC[C@H](O)c4cc5c([nH]4)CC4(CCCC4)[C@H]4CCC[C@H]4[C@@H]5[C@H](CCCO)NC[C@H](C)O)c3)cc1CO)C[C@@H]2N. The highest BCUT2D eigenvalue weighted by Gasteiger charge is 2.53. The fourth-order valence-corrected chi connectivity index (χ4v) is 17.1. The van der Waals surface area contributed by atoms with Crippen molar-refractivity contribution in [2.24, 2.45) is 57.4 Å². The molecule has 1 aromatic carbocycles. The largest absolute Gasteiger partial charge is 0.504 e. The maximum atomic E-state index is 11.8. The summed E-state index contributed by atoms with van der Waals surface area (Å²) in [6, 6.07) is 10.2. The second-order valence-corrected chi connectivity index (χ2v) is 25.5. The molecule has 12 atom stereocenters. The lowest BCUT2D eigenvalue weighted by Crippen LogP contribution is -2.45. The van der Waals surface area contributed by atoms with Crippen LogP contribution in [0.5, 0.6) is 11.5 Å². The van der Waals surface area contributed by atoms with Crippen LogP contribution in [-0.4, -0.2) is 99.0 Å².